The van der Waals surface area contributed by atoms with Gasteiger partial charge in [-0.15, -0.1) is 0 Å². The zero-order chi connectivity index (χ0) is 12.8. The molecule has 1 amide bonds. The quantitative estimate of drug-likeness (QED) is 0.880. The number of nitrogen functional groups attached to an aromatic ring is 1. The van der Waals surface area contributed by atoms with Crippen LogP contribution in [-0.2, 0) is 0 Å². The molecule has 0 aliphatic carbocycles. The molecule has 0 bridgehead atoms. The Morgan fingerprint density at radius 3 is 2.47 bits per heavy atom. The number of halogens is 1. The number of aromatic nitrogens is 1. The Hall–Kier alpha value is -1.29. The van der Waals surface area contributed by atoms with Gasteiger partial charge < -0.3 is 10.6 Å². The van der Waals surface area contributed by atoms with Gasteiger partial charge in [-0.2, -0.15) is 0 Å². The van der Waals surface area contributed by atoms with Crippen LogP contribution in [0.5, 0.6) is 0 Å². The van der Waals surface area contributed by atoms with Gasteiger partial charge >= 0.3 is 0 Å². The van der Waals surface area contributed by atoms with Crippen molar-refractivity contribution in [3.8, 4) is 0 Å². The topological polar surface area (TPSA) is 59.2 Å². The molecule has 0 spiro atoms. The summed E-state index contributed by atoms with van der Waals surface area (Å²) in [7, 11) is 0. The van der Waals surface area contributed by atoms with Crippen LogP contribution in [0.25, 0.3) is 0 Å². The summed E-state index contributed by atoms with van der Waals surface area (Å²) in [6, 6.07) is 1.57. The minimum Gasteiger partial charge on any atom is -0.382 e. The van der Waals surface area contributed by atoms with Crippen LogP contribution in [0.3, 0.4) is 0 Å². The van der Waals surface area contributed by atoms with Crippen molar-refractivity contribution < 1.29 is 4.79 Å². The van der Waals surface area contributed by atoms with Crippen LogP contribution in [0.4, 0.5) is 5.82 Å². The molecule has 0 atom stereocenters. The van der Waals surface area contributed by atoms with E-state index < -0.39 is 0 Å². The zero-order valence-electron chi connectivity index (χ0n) is 10.2. The van der Waals surface area contributed by atoms with Gasteiger partial charge in [-0.25, -0.2) is 4.98 Å². The van der Waals surface area contributed by atoms with Gasteiger partial charge in [0.2, 0.25) is 0 Å². The molecule has 0 aliphatic heterocycles. The van der Waals surface area contributed by atoms with Crippen molar-refractivity contribution in [3.63, 3.8) is 0 Å². The SMILES string of the molecule is CCCN(CCC)C(=O)c1cnc(N)c(Cl)c1. The predicted molar refractivity (Wildman–Crippen MR) is 70.1 cm³/mol. The summed E-state index contributed by atoms with van der Waals surface area (Å²) in [6.45, 7) is 5.58. The molecule has 0 saturated carbocycles. The molecule has 2 N–H and O–H groups in total. The highest BCUT2D eigenvalue weighted by Gasteiger charge is 2.15. The second kappa shape index (κ2) is 6.45. The molecule has 4 nitrogen and oxygen atoms in total. The van der Waals surface area contributed by atoms with E-state index in [1.54, 1.807) is 6.07 Å². The number of carbonyl (C=O) groups excluding carboxylic acids is 1. The summed E-state index contributed by atoms with van der Waals surface area (Å²) < 4.78 is 0. The second-order valence-corrected chi connectivity index (χ2v) is 4.29. The number of hydrogen-bond donors (Lipinski definition) is 1. The molecule has 0 saturated heterocycles. The minimum atomic E-state index is -0.0388. The molecular weight excluding hydrogens is 238 g/mol. The molecule has 0 aromatic carbocycles. The summed E-state index contributed by atoms with van der Waals surface area (Å²) in [5.41, 5.74) is 6.01. The number of rotatable bonds is 5. The second-order valence-electron chi connectivity index (χ2n) is 3.88. The maximum Gasteiger partial charge on any atom is 0.255 e. The van der Waals surface area contributed by atoms with Crippen molar-refractivity contribution in [1.29, 1.82) is 0 Å². The summed E-state index contributed by atoms with van der Waals surface area (Å²) >= 11 is 5.86. The highest BCUT2D eigenvalue weighted by molar-refractivity contribution is 6.33. The molecule has 1 rings (SSSR count). The van der Waals surface area contributed by atoms with Crippen LogP contribution in [-0.4, -0.2) is 28.9 Å². The van der Waals surface area contributed by atoms with E-state index in [0.29, 0.717) is 10.6 Å². The summed E-state index contributed by atoms with van der Waals surface area (Å²) in [4.78, 5) is 17.9. The number of anilines is 1. The lowest BCUT2D eigenvalue weighted by atomic mass is 10.2. The van der Waals surface area contributed by atoms with Crippen molar-refractivity contribution in [2.75, 3.05) is 18.8 Å². The summed E-state index contributed by atoms with van der Waals surface area (Å²) in [5, 5.41) is 0.323. The molecule has 0 unspecified atom stereocenters. The molecule has 94 valence electrons. The summed E-state index contributed by atoms with van der Waals surface area (Å²) in [6.07, 6.45) is 3.34. The van der Waals surface area contributed by atoms with E-state index >= 15 is 0 Å². The van der Waals surface area contributed by atoms with Crippen LogP contribution < -0.4 is 5.73 Å². The van der Waals surface area contributed by atoms with Crippen LogP contribution >= 0.6 is 11.6 Å². The first kappa shape index (κ1) is 13.8. The molecule has 1 aromatic heterocycles. The first-order valence-corrected chi connectivity index (χ1v) is 6.18. The minimum absolute atomic E-state index is 0.0388. The Balaban J connectivity index is 2.88. The lowest BCUT2D eigenvalue weighted by molar-refractivity contribution is 0.0755. The van der Waals surface area contributed by atoms with Gasteiger partial charge in [-0.05, 0) is 18.9 Å². The Bertz CT molecular complexity index is 389. The third kappa shape index (κ3) is 3.60. The molecule has 0 aliphatic rings. The maximum absolute atomic E-state index is 12.2. The van der Waals surface area contributed by atoms with Crippen molar-refractivity contribution in [2.45, 2.75) is 26.7 Å². The number of carbonyl (C=O) groups is 1. The van der Waals surface area contributed by atoms with E-state index in [1.807, 2.05) is 18.7 Å². The normalized spacial score (nSPS) is 10.3. The Morgan fingerprint density at radius 1 is 1.41 bits per heavy atom. The van der Waals surface area contributed by atoms with Gasteiger partial charge in [0.15, 0.2) is 0 Å². The Morgan fingerprint density at radius 2 is 2.00 bits per heavy atom. The van der Waals surface area contributed by atoms with E-state index in [-0.39, 0.29) is 11.7 Å². The molecule has 0 radical (unpaired) electrons. The molecule has 1 aromatic rings. The molecule has 0 fully saturated rings. The Kier molecular flexibility index (Phi) is 5.22. The van der Waals surface area contributed by atoms with E-state index in [2.05, 4.69) is 4.98 Å². The smallest absolute Gasteiger partial charge is 0.255 e. The highest BCUT2D eigenvalue weighted by atomic mass is 35.5. The third-order valence-corrected chi connectivity index (χ3v) is 2.69. The van der Waals surface area contributed by atoms with Crippen LogP contribution in [0.1, 0.15) is 37.0 Å². The fourth-order valence-corrected chi connectivity index (χ4v) is 1.77. The van der Waals surface area contributed by atoms with Gasteiger partial charge in [0, 0.05) is 19.3 Å². The number of pyridine rings is 1. The van der Waals surface area contributed by atoms with Crippen LogP contribution in [0.15, 0.2) is 12.3 Å². The van der Waals surface area contributed by atoms with Crippen LogP contribution in [0, 0.1) is 0 Å². The fourth-order valence-electron chi connectivity index (χ4n) is 1.60. The van der Waals surface area contributed by atoms with Gasteiger partial charge in [0.1, 0.15) is 5.82 Å². The zero-order valence-corrected chi connectivity index (χ0v) is 11.0. The van der Waals surface area contributed by atoms with Crippen molar-refractivity contribution in [2.24, 2.45) is 0 Å². The number of nitrogens with zero attached hydrogens (tertiary/aromatic N) is 2. The maximum atomic E-state index is 12.2. The predicted octanol–water partition coefficient (Wildman–Crippen LogP) is 2.58. The third-order valence-electron chi connectivity index (χ3n) is 2.39. The molecule has 1 heterocycles. The highest BCUT2D eigenvalue weighted by Crippen LogP contribution is 2.18. The fraction of sp³-hybridized carbons (Fsp3) is 0.500. The first-order valence-electron chi connectivity index (χ1n) is 5.80. The molecular formula is C12H18ClN3O. The molecule has 5 heteroatoms. The average Bonchev–Trinajstić information content (AvgIpc) is 2.31. The van der Waals surface area contributed by atoms with Gasteiger partial charge in [0.05, 0.1) is 10.6 Å². The average molecular weight is 256 g/mol. The number of nitrogens with two attached hydrogens (primary N) is 1. The van der Waals surface area contributed by atoms with E-state index in [0.717, 1.165) is 25.9 Å². The van der Waals surface area contributed by atoms with Crippen molar-refractivity contribution in [1.82, 2.24) is 9.88 Å². The van der Waals surface area contributed by atoms with Gasteiger partial charge in [-0.3, -0.25) is 4.79 Å². The lowest BCUT2D eigenvalue weighted by Gasteiger charge is -2.21. The molecule has 17 heavy (non-hydrogen) atoms. The van der Waals surface area contributed by atoms with E-state index in [4.69, 9.17) is 17.3 Å². The number of amides is 1. The van der Waals surface area contributed by atoms with Gasteiger partial charge in [-0.1, -0.05) is 25.4 Å². The standard InChI is InChI=1S/C12H18ClN3O/c1-3-5-16(6-4-2)12(17)9-7-10(13)11(14)15-8-9/h7-8H,3-6H2,1-2H3,(H2,14,15). The van der Waals surface area contributed by atoms with E-state index in [9.17, 15) is 4.79 Å². The largest absolute Gasteiger partial charge is 0.382 e. The van der Waals surface area contributed by atoms with Crippen molar-refractivity contribution in [3.05, 3.63) is 22.8 Å². The number of hydrogen-bond acceptors (Lipinski definition) is 3. The summed E-state index contributed by atoms with van der Waals surface area (Å²) in [5.74, 6) is 0.212. The Labute approximate surface area is 107 Å². The van der Waals surface area contributed by atoms with Crippen LogP contribution in [0.2, 0.25) is 5.02 Å². The first-order chi connectivity index (χ1) is 8.10. The van der Waals surface area contributed by atoms with Gasteiger partial charge in [0.25, 0.3) is 5.91 Å². The lowest BCUT2D eigenvalue weighted by Crippen LogP contribution is -2.32. The van der Waals surface area contributed by atoms with E-state index in [1.165, 1.54) is 6.20 Å². The monoisotopic (exact) mass is 255 g/mol. The van der Waals surface area contributed by atoms with Crippen molar-refractivity contribution >= 4 is 23.3 Å².